The van der Waals surface area contributed by atoms with Crippen molar-refractivity contribution in [3.8, 4) is 22.9 Å². The lowest BCUT2D eigenvalue weighted by Crippen LogP contribution is -2.31. The normalized spacial score (nSPS) is 12.6. The number of H-pyrrole nitrogens is 1. The molecule has 2 aromatic carbocycles. The monoisotopic (exact) mass is 435 g/mol. The highest BCUT2D eigenvalue weighted by atomic mass is 16.5. The fraction of sp³-hybridized carbons (Fsp3) is 0.227. The van der Waals surface area contributed by atoms with Gasteiger partial charge in [0.2, 0.25) is 11.9 Å². The van der Waals surface area contributed by atoms with Crippen LogP contribution >= 0.6 is 0 Å². The van der Waals surface area contributed by atoms with Gasteiger partial charge in [-0.3, -0.25) is 29.7 Å². The summed E-state index contributed by atoms with van der Waals surface area (Å²) in [7, 11) is 3.09. The second kappa shape index (κ2) is 8.88. The van der Waals surface area contributed by atoms with Crippen LogP contribution in [0.2, 0.25) is 0 Å². The summed E-state index contributed by atoms with van der Waals surface area (Å²) in [6.07, 6.45) is 0.421. The molecule has 1 aliphatic heterocycles. The van der Waals surface area contributed by atoms with Gasteiger partial charge < -0.3 is 9.47 Å². The van der Waals surface area contributed by atoms with Gasteiger partial charge in [-0.1, -0.05) is 12.1 Å². The van der Waals surface area contributed by atoms with Crippen molar-refractivity contribution in [1.82, 2.24) is 20.1 Å². The fourth-order valence-electron chi connectivity index (χ4n) is 3.46. The van der Waals surface area contributed by atoms with Crippen LogP contribution in [-0.4, -0.2) is 58.6 Å². The van der Waals surface area contributed by atoms with Gasteiger partial charge >= 0.3 is 0 Å². The van der Waals surface area contributed by atoms with Crippen molar-refractivity contribution in [1.29, 1.82) is 0 Å². The number of benzene rings is 2. The number of hydrogen-bond donors (Lipinski definition) is 2. The molecule has 0 fully saturated rings. The summed E-state index contributed by atoms with van der Waals surface area (Å²) < 4.78 is 10.5. The first-order valence-corrected chi connectivity index (χ1v) is 9.91. The summed E-state index contributed by atoms with van der Waals surface area (Å²) in [5.74, 6) is 0.718. The zero-order valence-corrected chi connectivity index (χ0v) is 17.5. The molecule has 10 nitrogen and oxygen atoms in total. The average Bonchev–Trinajstić information content (AvgIpc) is 3.37. The zero-order chi connectivity index (χ0) is 22.7. The number of aromatic nitrogens is 3. The summed E-state index contributed by atoms with van der Waals surface area (Å²) in [6, 6.07) is 11.9. The Bertz CT molecular complexity index is 1150. The van der Waals surface area contributed by atoms with E-state index in [4.69, 9.17) is 9.47 Å². The molecule has 0 bridgehead atoms. The van der Waals surface area contributed by atoms with Crippen LogP contribution in [0.5, 0.6) is 11.5 Å². The lowest BCUT2D eigenvalue weighted by atomic mass is 10.1. The first-order chi connectivity index (χ1) is 15.5. The molecule has 164 valence electrons. The smallest absolute Gasteiger partial charge is 0.261 e. The first-order valence-electron chi connectivity index (χ1n) is 9.91. The number of carbonyl (C=O) groups is 3. The molecule has 0 aliphatic carbocycles. The van der Waals surface area contributed by atoms with Crippen molar-refractivity contribution in [3.63, 3.8) is 0 Å². The topological polar surface area (TPSA) is 127 Å². The second-order valence-corrected chi connectivity index (χ2v) is 7.03. The van der Waals surface area contributed by atoms with Gasteiger partial charge in [0.05, 0.1) is 30.9 Å². The highest BCUT2D eigenvalue weighted by molar-refractivity contribution is 6.21. The quantitative estimate of drug-likeness (QED) is 0.521. The molecule has 0 spiro atoms. The highest BCUT2D eigenvalue weighted by Gasteiger charge is 2.34. The van der Waals surface area contributed by atoms with Crippen LogP contribution in [0, 0.1) is 0 Å². The Kier molecular flexibility index (Phi) is 5.84. The van der Waals surface area contributed by atoms with Crippen LogP contribution in [0.15, 0.2) is 42.5 Å². The number of amides is 3. The summed E-state index contributed by atoms with van der Waals surface area (Å²) in [4.78, 5) is 42.5. The molecule has 0 saturated carbocycles. The Hall–Kier alpha value is -4.21. The molecule has 3 aromatic rings. The Morgan fingerprint density at radius 1 is 1.03 bits per heavy atom. The maximum Gasteiger partial charge on any atom is 0.261 e. The van der Waals surface area contributed by atoms with E-state index in [0.29, 0.717) is 40.4 Å². The SMILES string of the molecule is COc1ccc(-c2nc(NC(=O)CCCN3C(=O)c4ccccc4C3=O)n[nH]2)c(OC)c1. The van der Waals surface area contributed by atoms with Crippen molar-refractivity contribution < 1.29 is 23.9 Å². The Morgan fingerprint density at radius 2 is 1.75 bits per heavy atom. The van der Waals surface area contributed by atoms with Crippen molar-refractivity contribution in [2.24, 2.45) is 0 Å². The Balaban J connectivity index is 1.33. The summed E-state index contributed by atoms with van der Waals surface area (Å²) >= 11 is 0. The zero-order valence-electron chi connectivity index (χ0n) is 17.5. The fourth-order valence-corrected chi connectivity index (χ4v) is 3.46. The van der Waals surface area contributed by atoms with E-state index in [1.807, 2.05) is 0 Å². The standard InChI is InChI=1S/C22H21N5O5/c1-31-13-9-10-16(17(12-13)32-2)19-24-22(26-25-19)23-18(28)8-5-11-27-20(29)14-6-3-4-7-15(14)21(27)30/h3-4,6-7,9-10,12H,5,8,11H2,1-2H3,(H2,23,24,25,26,28). The molecule has 1 aliphatic rings. The molecular weight excluding hydrogens is 414 g/mol. The average molecular weight is 435 g/mol. The predicted molar refractivity (Wildman–Crippen MR) is 115 cm³/mol. The molecule has 2 N–H and O–H groups in total. The van der Waals surface area contributed by atoms with Gasteiger partial charge in [0.15, 0.2) is 5.82 Å². The van der Waals surface area contributed by atoms with Gasteiger partial charge in [-0.15, -0.1) is 5.10 Å². The molecule has 32 heavy (non-hydrogen) atoms. The lowest BCUT2D eigenvalue weighted by molar-refractivity contribution is -0.116. The number of methoxy groups -OCH3 is 2. The number of hydrogen-bond acceptors (Lipinski definition) is 7. The molecule has 3 amide bonds. The Labute approximate surface area is 183 Å². The maximum absolute atomic E-state index is 12.4. The van der Waals surface area contributed by atoms with Gasteiger partial charge in [0.1, 0.15) is 11.5 Å². The summed E-state index contributed by atoms with van der Waals surface area (Å²) in [6.45, 7) is 0.155. The van der Waals surface area contributed by atoms with Crippen LogP contribution < -0.4 is 14.8 Å². The number of rotatable bonds is 8. The minimum absolute atomic E-state index is 0.100. The number of nitrogens with one attached hydrogen (secondary N) is 2. The number of aromatic amines is 1. The van der Waals surface area contributed by atoms with Crippen LogP contribution in [0.1, 0.15) is 33.6 Å². The van der Waals surface area contributed by atoms with Crippen molar-refractivity contribution in [2.75, 3.05) is 26.1 Å². The minimum atomic E-state index is -0.335. The van der Waals surface area contributed by atoms with Crippen molar-refractivity contribution in [3.05, 3.63) is 53.6 Å². The number of nitrogens with zero attached hydrogens (tertiary/aromatic N) is 3. The number of ether oxygens (including phenoxy) is 2. The molecule has 0 saturated heterocycles. The first kappa shape index (κ1) is 21.0. The summed E-state index contributed by atoms with van der Waals surface area (Å²) in [5, 5.41) is 9.39. The van der Waals surface area contributed by atoms with Crippen LogP contribution in [0.4, 0.5) is 5.95 Å². The molecule has 0 atom stereocenters. The lowest BCUT2D eigenvalue weighted by Gasteiger charge is -2.13. The largest absolute Gasteiger partial charge is 0.497 e. The number of carbonyl (C=O) groups excluding carboxylic acids is 3. The molecule has 4 rings (SSSR count). The molecule has 2 heterocycles. The number of anilines is 1. The Morgan fingerprint density at radius 3 is 2.41 bits per heavy atom. The van der Waals surface area contributed by atoms with E-state index in [-0.39, 0.29) is 36.6 Å². The molecular formula is C22H21N5O5. The minimum Gasteiger partial charge on any atom is -0.497 e. The molecule has 10 heteroatoms. The number of fused-ring (bicyclic) bond motifs is 1. The van der Waals surface area contributed by atoms with Gasteiger partial charge in [-0.2, -0.15) is 4.98 Å². The highest BCUT2D eigenvalue weighted by Crippen LogP contribution is 2.31. The van der Waals surface area contributed by atoms with E-state index < -0.39 is 0 Å². The van der Waals surface area contributed by atoms with E-state index in [1.165, 1.54) is 12.0 Å². The number of imide groups is 1. The third-order valence-corrected chi connectivity index (χ3v) is 5.06. The predicted octanol–water partition coefficient (Wildman–Crippen LogP) is 2.50. The maximum atomic E-state index is 12.4. The second-order valence-electron chi connectivity index (χ2n) is 7.03. The van der Waals surface area contributed by atoms with Gasteiger partial charge in [0.25, 0.3) is 11.8 Å². The molecule has 0 unspecified atom stereocenters. The van der Waals surface area contributed by atoms with Crippen LogP contribution in [0.25, 0.3) is 11.4 Å². The van der Waals surface area contributed by atoms with E-state index >= 15 is 0 Å². The van der Waals surface area contributed by atoms with E-state index in [1.54, 1.807) is 49.6 Å². The van der Waals surface area contributed by atoms with E-state index in [0.717, 1.165) is 0 Å². The van der Waals surface area contributed by atoms with Gasteiger partial charge in [0, 0.05) is 19.0 Å². The van der Waals surface area contributed by atoms with Crippen LogP contribution in [0.3, 0.4) is 0 Å². The van der Waals surface area contributed by atoms with E-state index in [2.05, 4.69) is 20.5 Å². The third-order valence-electron chi connectivity index (χ3n) is 5.06. The van der Waals surface area contributed by atoms with Crippen LogP contribution in [-0.2, 0) is 4.79 Å². The molecule has 1 aromatic heterocycles. The van der Waals surface area contributed by atoms with Crippen molar-refractivity contribution >= 4 is 23.7 Å². The third kappa shape index (κ3) is 4.02. The van der Waals surface area contributed by atoms with Gasteiger partial charge in [-0.25, -0.2) is 0 Å². The molecule has 0 radical (unpaired) electrons. The summed E-state index contributed by atoms with van der Waals surface area (Å²) in [5.41, 5.74) is 1.44. The van der Waals surface area contributed by atoms with E-state index in [9.17, 15) is 14.4 Å². The van der Waals surface area contributed by atoms with Gasteiger partial charge in [-0.05, 0) is 30.7 Å². The van der Waals surface area contributed by atoms with Crippen molar-refractivity contribution in [2.45, 2.75) is 12.8 Å².